The van der Waals surface area contributed by atoms with Gasteiger partial charge in [0, 0.05) is 0 Å². The number of thioether (sulfide) groups is 1. The Kier molecular flexibility index (Phi) is 3.72. The lowest BCUT2D eigenvalue weighted by atomic mass is 9.95. The quantitative estimate of drug-likeness (QED) is 0.683. The van der Waals surface area contributed by atoms with Gasteiger partial charge in [0.05, 0.1) is 6.54 Å². The molecule has 21 heavy (non-hydrogen) atoms. The van der Waals surface area contributed by atoms with E-state index in [1.54, 1.807) is 6.92 Å². The van der Waals surface area contributed by atoms with Gasteiger partial charge in [-0.15, -0.1) is 10.2 Å². The molecular weight excluding hydrogens is 328 g/mol. The van der Waals surface area contributed by atoms with Crippen LogP contribution >= 0.6 is 34.4 Å². The maximum atomic E-state index is 12.6. The second-order valence-corrected chi connectivity index (χ2v) is 7.52. The zero-order valence-corrected chi connectivity index (χ0v) is 13.8. The highest BCUT2D eigenvalue weighted by molar-refractivity contribution is 8.00. The Labute approximate surface area is 133 Å². The minimum absolute atomic E-state index is 0.155. The standard InChI is InChI=1S/C12H12N4O2S3/c1-12(7-3-4-20-6-7)9(17)16(10(18)13-12)5-8-14-15-11(19-2)21-8/h3-4,6H,5H2,1-2H3,(H,13,18). The number of carbonyl (C=O) groups excluding carboxylic acids is 2. The second kappa shape index (κ2) is 5.39. The average molecular weight is 340 g/mol. The summed E-state index contributed by atoms with van der Waals surface area (Å²) in [5, 5.41) is 15.2. The molecule has 0 spiro atoms. The first-order valence-electron chi connectivity index (χ1n) is 6.08. The number of hydrogen-bond donors (Lipinski definition) is 1. The number of thiophene rings is 1. The lowest BCUT2D eigenvalue weighted by molar-refractivity contribution is -0.131. The fourth-order valence-corrected chi connectivity index (χ4v) is 4.17. The van der Waals surface area contributed by atoms with Crippen molar-refractivity contribution in [2.75, 3.05) is 6.26 Å². The normalized spacial score (nSPS) is 21.9. The summed E-state index contributed by atoms with van der Waals surface area (Å²) in [6.07, 6.45) is 1.91. The van der Waals surface area contributed by atoms with Gasteiger partial charge in [-0.3, -0.25) is 9.69 Å². The maximum absolute atomic E-state index is 12.6. The van der Waals surface area contributed by atoms with Gasteiger partial charge in [-0.25, -0.2) is 4.79 Å². The van der Waals surface area contributed by atoms with Crippen LogP contribution in [0.1, 0.15) is 17.5 Å². The smallest absolute Gasteiger partial charge is 0.319 e. The molecule has 3 amide bonds. The van der Waals surface area contributed by atoms with E-state index in [1.807, 2.05) is 23.1 Å². The predicted molar refractivity (Wildman–Crippen MR) is 82.4 cm³/mol. The summed E-state index contributed by atoms with van der Waals surface area (Å²) in [6.45, 7) is 1.88. The molecule has 3 heterocycles. The molecule has 0 aliphatic carbocycles. The Balaban J connectivity index is 1.84. The summed E-state index contributed by atoms with van der Waals surface area (Å²) < 4.78 is 0.817. The van der Waals surface area contributed by atoms with Crippen molar-refractivity contribution in [2.24, 2.45) is 0 Å². The van der Waals surface area contributed by atoms with Gasteiger partial charge in [-0.1, -0.05) is 23.1 Å². The molecule has 0 aromatic carbocycles. The number of carbonyl (C=O) groups is 2. The van der Waals surface area contributed by atoms with Crippen LogP contribution in [-0.2, 0) is 16.9 Å². The molecule has 2 aromatic heterocycles. The van der Waals surface area contributed by atoms with Gasteiger partial charge >= 0.3 is 6.03 Å². The van der Waals surface area contributed by atoms with Crippen LogP contribution in [0.4, 0.5) is 4.79 Å². The third-order valence-electron chi connectivity index (χ3n) is 3.29. The molecule has 1 aliphatic rings. The summed E-state index contributed by atoms with van der Waals surface area (Å²) in [5.41, 5.74) is -0.195. The molecule has 0 saturated carbocycles. The van der Waals surface area contributed by atoms with Crippen LogP contribution in [0.2, 0.25) is 0 Å². The summed E-state index contributed by atoms with van der Waals surface area (Å²) in [7, 11) is 0. The number of nitrogens with one attached hydrogen (secondary N) is 1. The average Bonchev–Trinajstić information content (AvgIpc) is 3.17. The van der Waals surface area contributed by atoms with Crippen molar-refractivity contribution in [1.82, 2.24) is 20.4 Å². The lowest BCUT2D eigenvalue weighted by Crippen LogP contribution is -2.40. The van der Waals surface area contributed by atoms with Gasteiger partial charge in [0.1, 0.15) is 10.5 Å². The SMILES string of the molecule is CSc1nnc(CN2C(=O)NC(C)(c3ccsc3)C2=O)s1. The number of rotatable bonds is 4. The lowest BCUT2D eigenvalue weighted by Gasteiger charge is -2.20. The number of imide groups is 1. The molecule has 1 unspecified atom stereocenters. The van der Waals surface area contributed by atoms with Crippen LogP contribution in [-0.4, -0.2) is 33.3 Å². The van der Waals surface area contributed by atoms with Gasteiger partial charge in [0.2, 0.25) is 0 Å². The van der Waals surface area contributed by atoms with Crippen LogP contribution in [0.3, 0.4) is 0 Å². The van der Waals surface area contributed by atoms with Crippen molar-refractivity contribution >= 4 is 46.4 Å². The zero-order chi connectivity index (χ0) is 15.0. The van der Waals surface area contributed by atoms with Crippen molar-refractivity contribution in [1.29, 1.82) is 0 Å². The Morgan fingerprint density at radius 2 is 2.24 bits per heavy atom. The number of aromatic nitrogens is 2. The van der Waals surface area contributed by atoms with Crippen molar-refractivity contribution in [2.45, 2.75) is 23.3 Å². The van der Waals surface area contributed by atoms with E-state index in [0.29, 0.717) is 5.01 Å². The van der Waals surface area contributed by atoms with E-state index in [4.69, 9.17) is 0 Å². The summed E-state index contributed by atoms with van der Waals surface area (Å²) in [5.74, 6) is -0.258. The van der Waals surface area contributed by atoms with Gasteiger partial charge in [-0.05, 0) is 35.6 Å². The molecule has 1 atom stereocenters. The molecule has 9 heteroatoms. The molecule has 1 aliphatic heterocycles. The van der Waals surface area contributed by atoms with E-state index in [0.717, 1.165) is 9.90 Å². The molecule has 1 fully saturated rings. The summed E-state index contributed by atoms with van der Waals surface area (Å²) in [6, 6.07) is 1.46. The van der Waals surface area contributed by atoms with Crippen LogP contribution in [0.25, 0.3) is 0 Å². The molecule has 3 rings (SSSR count). The molecular formula is C12H12N4O2S3. The van der Waals surface area contributed by atoms with Gasteiger partial charge in [-0.2, -0.15) is 11.3 Å². The Morgan fingerprint density at radius 3 is 2.86 bits per heavy atom. The number of hydrogen-bond acceptors (Lipinski definition) is 7. The van der Waals surface area contributed by atoms with Crippen molar-refractivity contribution in [3.05, 3.63) is 27.4 Å². The summed E-state index contributed by atoms with van der Waals surface area (Å²) >= 11 is 4.37. The Morgan fingerprint density at radius 1 is 1.43 bits per heavy atom. The molecule has 6 nitrogen and oxygen atoms in total. The van der Waals surface area contributed by atoms with Gasteiger partial charge in [0.25, 0.3) is 5.91 Å². The van der Waals surface area contributed by atoms with E-state index in [9.17, 15) is 9.59 Å². The maximum Gasteiger partial charge on any atom is 0.325 e. The summed E-state index contributed by atoms with van der Waals surface area (Å²) in [4.78, 5) is 25.9. The fourth-order valence-electron chi connectivity index (χ4n) is 2.11. The van der Waals surface area contributed by atoms with Crippen LogP contribution in [0, 0.1) is 0 Å². The van der Waals surface area contributed by atoms with E-state index in [2.05, 4.69) is 15.5 Å². The minimum Gasteiger partial charge on any atom is -0.319 e. The van der Waals surface area contributed by atoms with Crippen molar-refractivity contribution < 1.29 is 9.59 Å². The first kappa shape index (κ1) is 14.5. The number of nitrogens with zero attached hydrogens (tertiary/aromatic N) is 3. The highest BCUT2D eigenvalue weighted by Crippen LogP contribution is 2.31. The van der Waals surface area contributed by atoms with Crippen LogP contribution < -0.4 is 5.32 Å². The van der Waals surface area contributed by atoms with E-state index >= 15 is 0 Å². The van der Waals surface area contributed by atoms with Crippen LogP contribution in [0.5, 0.6) is 0 Å². The molecule has 1 saturated heterocycles. The highest BCUT2D eigenvalue weighted by atomic mass is 32.2. The number of urea groups is 1. The van der Waals surface area contributed by atoms with Gasteiger partial charge in [0.15, 0.2) is 4.34 Å². The minimum atomic E-state index is -0.996. The molecule has 110 valence electrons. The fraction of sp³-hybridized carbons (Fsp3) is 0.333. The predicted octanol–water partition coefficient (Wildman–Crippen LogP) is 2.29. The monoisotopic (exact) mass is 340 g/mol. The second-order valence-electron chi connectivity index (χ2n) is 4.62. The third-order valence-corrected chi connectivity index (χ3v) is 5.86. The molecule has 0 radical (unpaired) electrons. The Bertz CT molecular complexity index is 684. The zero-order valence-electron chi connectivity index (χ0n) is 11.3. The molecule has 2 aromatic rings. The van der Waals surface area contributed by atoms with Crippen molar-refractivity contribution in [3.8, 4) is 0 Å². The van der Waals surface area contributed by atoms with Crippen molar-refractivity contribution in [3.63, 3.8) is 0 Å². The third kappa shape index (κ3) is 2.45. The first-order chi connectivity index (χ1) is 10.0. The van der Waals surface area contributed by atoms with E-state index < -0.39 is 11.6 Å². The largest absolute Gasteiger partial charge is 0.325 e. The van der Waals surface area contributed by atoms with Gasteiger partial charge < -0.3 is 5.32 Å². The Hall–Kier alpha value is -1.45. The highest BCUT2D eigenvalue weighted by Gasteiger charge is 2.49. The molecule has 0 bridgehead atoms. The first-order valence-corrected chi connectivity index (χ1v) is 9.06. The van der Waals surface area contributed by atoms with E-state index in [1.165, 1.54) is 39.3 Å². The number of amides is 3. The molecule has 1 N–H and O–H groups in total. The van der Waals surface area contributed by atoms with Crippen LogP contribution in [0.15, 0.2) is 21.2 Å². The topological polar surface area (TPSA) is 75.2 Å². The van der Waals surface area contributed by atoms with E-state index in [-0.39, 0.29) is 12.5 Å².